The molecule has 2 aromatic carbocycles. The van der Waals surface area contributed by atoms with Gasteiger partial charge in [-0.25, -0.2) is 0 Å². The number of alkyl halides is 3. The van der Waals surface area contributed by atoms with Crippen molar-refractivity contribution in [2.45, 2.75) is 37.9 Å². The average molecular weight is 534 g/mol. The van der Waals surface area contributed by atoms with Gasteiger partial charge >= 0.3 is 6.18 Å². The van der Waals surface area contributed by atoms with Gasteiger partial charge in [-0.2, -0.15) is 18.2 Å². The van der Waals surface area contributed by atoms with Crippen LogP contribution < -0.4 is 19.9 Å². The summed E-state index contributed by atoms with van der Waals surface area (Å²) in [6.45, 7) is 1.60. The first-order chi connectivity index (χ1) is 18.3. The summed E-state index contributed by atoms with van der Waals surface area (Å²) < 4.78 is 63.6. The van der Waals surface area contributed by atoms with Crippen molar-refractivity contribution in [3.05, 3.63) is 53.4 Å². The number of rotatable bonds is 7. The predicted octanol–water partition coefficient (Wildman–Crippen LogP) is 4.38. The highest BCUT2D eigenvalue weighted by molar-refractivity contribution is 5.78. The van der Waals surface area contributed by atoms with E-state index in [-0.39, 0.29) is 35.6 Å². The van der Waals surface area contributed by atoms with Gasteiger partial charge in [0.1, 0.15) is 25.0 Å². The monoisotopic (exact) mass is 533 g/mol. The molecule has 1 atom stereocenters. The third-order valence-electron chi connectivity index (χ3n) is 6.39. The van der Waals surface area contributed by atoms with Crippen molar-refractivity contribution in [2.24, 2.45) is 10.9 Å². The van der Waals surface area contributed by atoms with Crippen LogP contribution in [0, 0.1) is 0 Å². The number of nitrogens with two attached hydrogens (primary N) is 1. The van der Waals surface area contributed by atoms with Crippen LogP contribution in [0.4, 0.5) is 13.2 Å². The van der Waals surface area contributed by atoms with Crippen molar-refractivity contribution in [2.75, 3.05) is 26.4 Å². The lowest BCUT2D eigenvalue weighted by Gasteiger charge is -2.21. The highest BCUT2D eigenvalue weighted by Gasteiger charge is 2.36. The molecular weight excluding hydrogens is 507 g/mol. The minimum Gasteiger partial charge on any atom is -0.493 e. The minimum absolute atomic E-state index is 0.00187. The predicted molar refractivity (Wildman–Crippen MR) is 128 cm³/mol. The van der Waals surface area contributed by atoms with Crippen LogP contribution in [0.15, 0.2) is 46.1 Å². The summed E-state index contributed by atoms with van der Waals surface area (Å²) in [6.07, 6.45) is -2.18. The molecule has 1 fully saturated rings. The number of hydrogen-bond acceptors (Lipinski definition) is 8. The Labute approximate surface area is 215 Å². The van der Waals surface area contributed by atoms with E-state index in [1.54, 1.807) is 4.90 Å². The van der Waals surface area contributed by atoms with Crippen LogP contribution in [-0.4, -0.2) is 52.6 Å². The van der Waals surface area contributed by atoms with E-state index in [0.717, 1.165) is 18.1 Å². The highest BCUT2D eigenvalue weighted by atomic mass is 19.4. The zero-order valence-electron chi connectivity index (χ0n) is 20.3. The summed E-state index contributed by atoms with van der Waals surface area (Å²) >= 11 is 0. The van der Waals surface area contributed by atoms with E-state index >= 15 is 0 Å². The van der Waals surface area contributed by atoms with Crippen molar-refractivity contribution >= 4 is 5.96 Å². The van der Waals surface area contributed by atoms with Gasteiger partial charge in [-0.1, -0.05) is 16.4 Å². The van der Waals surface area contributed by atoms with E-state index in [4.69, 9.17) is 29.7 Å². The highest BCUT2D eigenvalue weighted by Crippen LogP contribution is 2.39. The number of halogens is 3. The zero-order chi connectivity index (χ0) is 26.7. The standard InChI is InChI=1S/C25H26F3N5O5/c26-25(27,28)17-14-16(22-30-23(38-32-22)18-4-1-9-33(18)24(29)31-34)6-8-19(17)35-10-2-3-15-5-7-20-21(13-15)37-12-11-36-20/h5-8,13-14,18,34H,1-4,9-12H2,(H2,29,31)/t18-/m0/s1. The van der Waals surface area contributed by atoms with Crippen LogP contribution >= 0.6 is 0 Å². The van der Waals surface area contributed by atoms with E-state index in [9.17, 15) is 13.2 Å². The number of benzene rings is 2. The van der Waals surface area contributed by atoms with Gasteiger partial charge in [0.2, 0.25) is 17.7 Å². The molecule has 13 heteroatoms. The summed E-state index contributed by atoms with van der Waals surface area (Å²) in [5.74, 6) is 1.16. The topological polar surface area (TPSA) is 128 Å². The molecular formula is C25H26F3N5O5. The molecule has 0 spiro atoms. The SMILES string of the molecule is N/C(=N\O)N1CCC[C@H]1c1nc(-c2ccc(OCCCc3ccc4c(c3)OCCO4)c(C(F)(F)F)c2)no1. The number of ether oxygens (including phenoxy) is 3. The van der Waals surface area contributed by atoms with Gasteiger partial charge in [0, 0.05) is 12.1 Å². The quantitative estimate of drug-likeness (QED) is 0.149. The summed E-state index contributed by atoms with van der Waals surface area (Å²) in [5, 5.41) is 15.8. The van der Waals surface area contributed by atoms with E-state index in [0.29, 0.717) is 50.5 Å². The molecule has 0 aliphatic carbocycles. The van der Waals surface area contributed by atoms with Crippen molar-refractivity contribution in [3.63, 3.8) is 0 Å². The van der Waals surface area contributed by atoms with Gasteiger partial charge in [-0.15, -0.1) is 0 Å². The third-order valence-corrected chi connectivity index (χ3v) is 6.39. The van der Waals surface area contributed by atoms with Crippen LogP contribution in [0.25, 0.3) is 11.4 Å². The Morgan fingerprint density at radius 1 is 1.16 bits per heavy atom. The smallest absolute Gasteiger partial charge is 0.419 e. The van der Waals surface area contributed by atoms with Gasteiger partial charge in [0.25, 0.3) is 0 Å². The maximum atomic E-state index is 13.9. The van der Waals surface area contributed by atoms with Gasteiger partial charge in [-0.3, -0.25) is 0 Å². The zero-order valence-corrected chi connectivity index (χ0v) is 20.3. The Morgan fingerprint density at radius 3 is 2.76 bits per heavy atom. The molecule has 38 heavy (non-hydrogen) atoms. The molecule has 0 saturated carbocycles. The lowest BCUT2D eigenvalue weighted by atomic mass is 10.1. The molecule has 1 aromatic heterocycles. The fraction of sp³-hybridized carbons (Fsp3) is 0.400. The second-order valence-electron chi connectivity index (χ2n) is 8.90. The number of nitrogens with zero attached hydrogens (tertiary/aromatic N) is 4. The number of guanidine groups is 1. The molecule has 0 unspecified atom stereocenters. The van der Waals surface area contributed by atoms with E-state index in [2.05, 4.69) is 15.3 Å². The summed E-state index contributed by atoms with van der Waals surface area (Å²) in [7, 11) is 0. The van der Waals surface area contributed by atoms with E-state index in [1.165, 1.54) is 12.1 Å². The fourth-order valence-electron chi connectivity index (χ4n) is 4.56. The van der Waals surface area contributed by atoms with E-state index in [1.807, 2.05) is 18.2 Å². The molecule has 202 valence electrons. The summed E-state index contributed by atoms with van der Waals surface area (Å²) in [6, 6.07) is 8.84. The molecule has 5 rings (SSSR count). The number of aryl methyl sites for hydroxylation is 1. The van der Waals surface area contributed by atoms with Gasteiger partial charge < -0.3 is 34.6 Å². The first-order valence-electron chi connectivity index (χ1n) is 12.1. The second-order valence-corrected chi connectivity index (χ2v) is 8.90. The number of likely N-dealkylation sites (tertiary alicyclic amines) is 1. The Kier molecular flexibility index (Phi) is 7.16. The Morgan fingerprint density at radius 2 is 1.97 bits per heavy atom. The third kappa shape index (κ3) is 5.41. The molecule has 3 N–H and O–H groups in total. The van der Waals surface area contributed by atoms with Gasteiger partial charge in [0.05, 0.1) is 12.2 Å². The number of oxime groups is 1. The molecule has 2 aliphatic rings. The molecule has 0 radical (unpaired) electrons. The number of hydrogen-bond donors (Lipinski definition) is 2. The van der Waals surface area contributed by atoms with Crippen LogP contribution in [0.5, 0.6) is 17.2 Å². The molecule has 10 nitrogen and oxygen atoms in total. The Hall–Kier alpha value is -4.16. The lowest BCUT2D eigenvalue weighted by Crippen LogP contribution is -2.36. The fourth-order valence-corrected chi connectivity index (χ4v) is 4.56. The van der Waals surface area contributed by atoms with E-state index < -0.39 is 17.8 Å². The minimum atomic E-state index is -4.65. The second kappa shape index (κ2) is 10.7. The van der Waals surface area contributed by atoms with Crippen LogP contribution in [0.2, 0.25) is 0 Å². The van der Waals surface area contributed by atoms with Crippen molar-refractivity contribution in [1.29, 1.82) is 0 Å². The summed E-state index contributed by atoms with van der Waals surface area (Å²) in [5.41, 5.74) is 5.88. The van der Waals surface area contributed by atoms with Gasteiger partial charge in [0.15, 0.2) is 11.5 Å². The molecule has 3 aromatic rings. The maximum absolute atomic E-state index is 13.9. The molecule has 0 amide bonds. The van der Waals surface area contributed by atoms with Crippen molar-refractivity contribution in [1.82, 2.24) is 15.0 Å². The normalized spacial score (nSPS) is 17.6. The molecule has 1 saturated heterocycles. The van der Waals surface area contributed by atoms with Crippen molar-refractivity contribution < 1.29 is 37.1 Å². The molecule has 3 heterocycles. The molecule has 0 bridgehead atoms. The average Bonchev–Trinajstić information content (AvgIpc) is 3.60. The van der Waals surface area contributed by atoms with Crippen molar-refractivity contribution in [3.8, 4) is 28.6 Å². The number of aromatic nitrogens is 2. The van der Waals surface area contributed by atoms with Crippen LogP contribution in [-0.2, 0) is 12.6 Å². The van der Waals surface area contributed by atoms with Crippen LogP contribution in [0.3, 0.4) is 0 Å². The Bertz CT molecular complexity index is 1310. The van der Waals surface area contributed by atoms with Crippen LogP contribution in [0.1, 0.15) is 42.3 Å². The largest absolute Gasteiger partial charge is 0.493 e. The Balaban J connectivity index is 1.26. The number of fused-ring (bicyclic) bond motifs is 1. The lowest BCUT2D eigenvalue weighted by molar-refractivity contribution is -0.138. The first kappa shape index (κ1) is 25.5. The first-order valence-corrected chi connectivity index (χ1v) is 12.1. The van der Waals surface area contributed by atoms with Gasteiger partial charge in [-0.05, 0) is 61.6 Å². The molecule has 2 aliphatic heterocycles. The summed E-state index contributed by atoms with van der Waals surface area (Å²) in [4.78, 5) is 5.88. The maximum Gasteiger partial charge on any atom is 0.419 e.